The highest BCUT2D eigenvalue weighted by Gasteiger charge is 2.00. The summed E-state index contributed by atoms with van der Waals surface area (Å²) in [5, 5.41) is 6.43. The van der Waals surface area contributed by atoms with Crippen LogP contribution in [0.4, 0.5) is 0 Å². The van der Waals surface area contributed by atoms with Crippen LogP contribution in [0.15, 0.2) is 59.6 Å². The van der Waals surface area contributed by atoms with Crippen molar-refractivity contribution in [2.24, 2.45) is 4.99 Å². The van der Waals surface area contributed by atoms with Gasteiger partial charge in [0, 0.05) is 27.2 Å². The molecule has 0 aliphatic carbocycles. The zero-order chi connectivity index (χ0) is 16.3. The minimum absolute atomic E-state index is 0. The molecule has 2 aromatic rings. The third-order valence-corrected chi connectivity index (χ3v) is 3.18. The van der Waals surface area contributed by atoms with E-state index in [2.05, 4.69) is 15.6 Å². The maximum atomic E-state index is 5.78. The normalized spacial score (nSPS) is 10.7. The zero-order valence-corrected chi connectivity index (χ0v) is 16.3. The highest BCUT2D eigenvalue weighted by Crippen LogP contribution is 2.20. The Hall–Kier alpha value is -1.80. The molecule has 0 radical (unpaired) electrons. The topological polar surface area (TPSA) is 54.9 Å². The number of rotatable bonds is 7. The van der Waals surface area contributed by atoms with E-state index in [1.54, 1.807) is 14.2 Å². The molecule has 0 saturated heterocycles. The molecule has 0 aliphatic heterocycles. The molecule has 6 heteroatoms. The van der Waals surface area contributed by atoms with Crippen LogP contribution >= 0.6 is 24.0 Å². The van der Waals surface area contributed by atoms with Crippen molar-refractivity contribution in [2.45, 2.75) is 6.54 Å². The molecule has 0 spiro atoms. The Labute approximate surface area is 160 Å². The van der Waals surface area contributed by atoms with Crippen LogP contribution in [0.25, 0.3) is 0 Å². The summed E-state index contributed by atoms with van der Waals surface area (Å²) in [4.78, 5) is 4.16. The van der Waals surface area contributed by atoms with Crippen LogP contribution < -0.4 is 15.4 Å². The Kier molecular flexibility index (Phi) is 9.86. The Morgan fingerprint density at radius 1 is 0.958 bits per heavy atom. The lowest BCUT2D eigenvalue weighted by atomic mass is 10.2. The summed E-state index contributed by atoms with van der Waals surface area (Å²) in [5.74, 6) is 2.41. The van der Waals surface area contributed by atoms with Crippen molar-refractivity contribution in [1.29, 1.82) is 0 Å². The first-order chi connectivity index (χ1) is 11.3. The molecule has 2 rings (SSSR count). The Morgan fingerprint density at radius 2 is 1.62 bits per heavy atom. The number of hydrogen-bond donors (Lipinski definition) is 2. The van der Waals surface area contributed by atoms with Crippen molar-refractivity contribution in [2.75, 3.05) is 27.3 Å². The molecule has 0 fully saturated rings. The summed E-state index contributed by atoms with van der Waals surface area (Å²) in [7, 11) is 3.43. The van der Waals surface area contributed by atoms with Crippen molar-refractivity contribution in [3.63, 3.8) is 0 Å². The quantitative estimate of drug-likeness (QED) is 0.299. The Bertz CT molecular complexity index is 603. The van der Waals surface area contributed by atoms with Crippen molar-refractivity contribution >= 4 is 29.9 Å². The van der Waals surface area contributed by atoms with Crippen LogP contribution in [0.3, 0.4) is 0 Å². The first kappa shape index (κ1) is 20.2. The van der Waals surface area contributed by atoms with Crippen molar-refractivity contribution in [3.05, 3.63) is 60.2 Å². The lowest BCUT2D eigenvalue weighted by Crippen LogP contribution is -2.38. The van der Waals surface area contributed by atoms with Crippen molar-refractivity contribution < 1.29 is 9.47 Å². The number of aliphatic imine (C=N–C) groups is 1. The fraction of sp³-hybridized carbons (Fsp3) is 0.278. The van der Waals surface area contributed by atoms with E-state index in [9.17, 15) is 0 Å². The number of halogens is 1. The second kappa shape index (κ2) is 11.7. The van der Waals surface area contributed by atoms with Gasteiger partial charge in [-0.1, -0.05) is 30.3 Å². The third-order valence-electron chi connectivity index (χ3n) is 3.18. The zero-order valence-electron chi connectivity index (χ0n) is 14.0. The van der Waals surface area contributed by atoms with Crippen LogP contribution in [0.1, 0.15) is 5.56 Å². The number of nitrogens with one attached hydrogen (secondary N) is 2. The van der Waals surface area contributed by atoms with E-state index in [4.69, 9.17) is 9.47 Å². The van der Waals surface area contributed by atoms with E-state index >= 15 is 0 Å². The van der Waals surface area contributed by atoms with Crippen molar-refractivity contribution in [1.82, 2.24) is 10.6 Å². The van der Waals surface area contributed by atoms with E-state index in [0.29, 0.717) is 13.2 Å². The Balaban J connectivity index is 0.00000288. The lowest BCUT2D eigenvalue weighted by molar-refractivity contribution is 0.203. The summed E-state index contributed by atoms with van der Waals surface area (Å²) >= 11 is 0. The van der Waals surface area contributed by atoms with Gasteiger partial charge in [0.15, 0.2) is 5.96 Å². The molecular formula is C18H24IN3O2. The average Bonchev–Trinajstić information content (AvgIpc) is 2.60. The summed E-state index contributed by atoms with van der Waals surface area (Å²) in [5.41, 5.74) is 1.15. The molecular weight excluding hydrogens is 417 g/mol. The molecule has 0 amide bonds. The van der Waals surface area contributed by atoms with Gasteiger partial charge in [0.2, 0.25) is 0 Å². The molecule has 5 nitrogen and oxygen atoms in total. The van der Waals surface area contributed by atoms with Gasteiger partial charge in [-0.2, -0.15) is 0 Å². The van der Waals surface area contributed by atoms with E-state index in [0.717, 1.165) is 29.6 Å². The molecule has 2 N–H and O–H groups in total. The largest absolute Gasteiger partial charge is 0.457 e. The van der Waals surface area contributed by atoms with Gasteiger partial charge in [-0.25, -0.2) is 0 Å². The van der Waals surface area contributed by atoms with E-state index < -0.39 is 0 Å². The van der Waals surface area contributed by atoms with Gasteiger partial charge < -0.3 is 20.1 Å². The minimum atomic E-state index is 0. The average molecular weight is 441 g/mol. The van der Waals surface area contributed by atoms with Crippen LogP contribution in [-0.4, -0.2) is 33.3 Å². The van der Waals surface area contributed by atoms with Gasteiger partial charge in [-0.15, -0.1) is 24.0 Å². The number of ether oxygens (including phenoxy) is 2. The second-order valence-electron chi connectivity index (χ2n) is 4.90. The second-order valence-corrected chi connectivity index (χ2v) is 4.90. The van der Waals surface area contributed by atoms with Crippen molar-refractivity contribution in [3.8, 4) is 11.5 Å². The molecule has 0 aromatic heterocycles. The van der Waals surface area contributed by atoms with Crippen LogP contribution in [-0.2, 0) is 11.3 Å². The summed E-state index contributed by atoms with van der Waals surface area (Å²) < 4.78 is 10.8. The van der Waals surface area contributed by atoms with Gasteiger partial charge in [0.05, 0.1) is 6.61 Å². The van der Waals surface area contributed by atoms with E-state index in [1.165, 1.54) is 0 Å². The van der Waals surface area contributed by atoms with Gasteiger partial charge in [-0.3, -0.25) is 4.99 Å². The third kappa shape index (κ3) is 7.18. The smallest absolute Gasteiger partial charge is 0.191 e. The Morgan fingerprint density at radius 3 is 2.25 bits per heavy atom. The number of guanidine groups is 1. The standard InChI is InChI=1S/C18H23N3O2.HI/c1-19-18(20-12-13-22-2)21-14-15-8-10-17(11-9-15)23-16-6-4-3-5-7-16;/h3-11H,12-14H2,1-2H3,(H2,19,20,21);1H. The maximum Gasteiger partial charge on any atom is 0.191 e. The van der Waals surface area contributed by atoms with E-state index in [1.807, 2.05) is 54.6 Å². The predicted octanol–water partition coefficient (Wildman–Crippen LogP) is 3.41. The van der Waals surface area contributed by atoms with E-state index in [-0.39, 0.29) is 24.0 Å². The fourth-order valence-electron chi connectivity index (χ4n) is 1.98. The molecule has 24 heavy (non-hydrogen) atoms. The van der Waals surface area contributed by atoms with Crippen LogP contribution in [0, 0.1) is 0 Å². The summed E-state index contributed by atoms with van der Waals surface area (Å²) in [6, 6.07) is 17.7. The SMILES string of the molecule is CN=C(NCCOC)NCc1ccc(Oc2ccccc2)cc1.I. The molecule has 0 unspecified atom stereocenters. The summed E-state index contributed by atoms with van der Waals surface area (Å²) in [6.45, 7) is 2.06. The minimum Gasteiger partial charge on any atom is -0.457 e. The monoisotopic (exact) mass is 441 g/mol. The maximum absolute atomic E-state index is 5.78. The number of nitrogens with zero attached hydrogens (tertiary/aromatic N) is 1. The highest BCUT2D eigenvalue weighted by molar-refractivity contribution is 14.0. The highest BCUT2D eigenvalue weighted by atomic mass is 127. The number of hydrogen-bond acceptors (Lipinski definition) is 3. The summed E-state index contributed by atoms with van der Waals surface area (Å²) in [6.07, 6.45) is 0. The lowest BCUT2D eigenvalue weighted by Gasteiger charge is -2.12. The van der Waals surface area contributed by atoms with Gasteiger partial charge in [0.1, 0.15) is 11.5 Å². The van der Waals surface area contributed by atoms with Gasteiger partial charge in [-0.05, 0) is 29.8 Å². The predicted molar refractivity (Wildman–Crippen MR) is 108 cm³/mol. The van der Waals surface area contributed by atoms with Crippen LogP contribution in [0.5, 0.6) is 11.5 Å². The molecule has 0 atom stereocenters. The fourth-order valence-corrected chi connectivity index (χ4v) is 1.98. The molecule has 2 aromatic carbocycles. The first-order valence-corrected chi connectivity index (χ1v) is 7.57. The molecule has 0 heterocycles. The molecule has 0 saturated carbocycles. The molecule has 0 aliphatic rings. The number of methoxy groups -OCH3 is 1. The van der Waals surface area contributed by atoms with Gasteiger partial charge in [0.25, 0.3) is 0 Å². The number of para-hydroxylation sites is 1. The molecule has 130 valence electrons. The molecule has 0 bridgehead atoms. The van der Waals surface area contributed by atoms with Crippen LogP contribution in [0.2, 0.25) is 0 Å². The van der Waals surface area contributed by atoms with Gasteiger partial charge >= 0.3 is 0 Å². The first-order valence-electron chi connectivity index (χ1n) is 7.57. The number of benzene rings is 2.